The summed E-state index contributed by atoms with van der Waals surface area (Å²) in [6, 6.07) is 15.4. The number of aliphatic hydroxyl groups excluding tert-OH is 4. The number of rotatable bonds is 11. The van der Waals surface area contributed by atoms with Crippen molar-refractivity contribution < 1.29 is 54.8 Å². The number of fused-ring (bicyclic) bond motifs is 1. The minimum absolute atomic E-state index is 0.0514. The van der Waals surface area contributed by atoms with Crippen LogP contribution in [0.2, 0.25) is 0 Å². The summed E-state index contributed by atoms with van der Waals surface area (Å²) in [5.41, 5.74) is 3.36. The number of amides is 1. The predicted molar refractivity (Wildman–Crippen MR) is 177 cm³/mol. The van der Waals surface area contributed by atoms with Crippen LogP contribution < -0.4 is 9.64 Å². The number of carboxylic acids is 1. The zero-order chi connectivity index (χ0) is 35.5. The number of nitrogens with zero attached hydrogens (tertiary/aromatic N) is 2. The Morgan fingerprint density at radius 1 is 0.980 bits per heavy atom. The molecule has 3 heterocycles. The number of imidazole rings is 1. The fourth-order valence-corrected chi connectivity index (χ4v) is 6.47. The van der Waals surface area contributed by atoms with Gasteiger partial charge in [-0.15, -0.1) is 0 Å². The molecule has 14 heteroatoms. The molecule has 6 rings (SSSR count). The van der Waals surface area contributed by atoms with Crippen LogP contribution in [-0.2, 0) is 27.2 Å². The second kappa shape index (κ2) is 14.7. The molecule has 0 bridgehead atoms. The van der Waals surface area contributed by atoms with Crippen LogP contribution >= 0.6 is 0 Å². The lowest BCUT2D eigenvalue weighted by atomic mass is 9.88. The Bertz CT molecular complexity index is 1850. The van der Waals surface area contributed by atoms with E-state index in [2.05, 4.69) is 9.97 Å². The first-order valence-corrected chi connectivity index (χ1v) is 16.0. The molecule has 0 spiro atoms. The van der Waals surface area contributed by atoms with Gasteiger partial charge in [0.1, 0.15) is 36.2 Å². The fourth-order valence-electron chi connectivity index (χ4n) is 6.47. The van der Waals surface area contributed by atoms with Gasteiger partial charge in [0.2, 0.25) is 6.29 Å². The van der Waals surface area contributed by atoms with Crippen LogP contribution in [0.4, 0.5) is 5.69 Å². The molecule has 7 atom stereocenters. The number of phenols is 2. The lowest BCUT2D eigenvalue weighted by Crippen LogP contribution is -2.60. The van der Waals surface area contributed by atoms with Gasteiger partial charge in [0.25, 0.3) is 5.91 Å². The molecular weight excluding hydrogens is 650 g/mol. The van der Waals surface area contributed by atoms with Crippen molar-refractivity contribution in [2.45, 2.75) is 61.9 Å². The number of nitrogens with one attached hydrogen (secondary N) is 1. The molecule has 1 fully saturated rings. The van der Waals surface area contributed by atoms with E-state index in [1.807, 2.05) is 30.3 Å². The summed E-state index contributed by atoms with van der Waals surface area (Å²) < 4.78 is 11.2. The summed E-state index contributed by atoms with van der Waals surface area (Å²) in [6.45, 7) is -0.704. The van der Waals surface area contributed by atoms with Gasteiger partial charge in [-0.2, -0.15) is 0 Å². The van der Waals surface area contributed by atoms with Crippen LogP contribution in [0.5, 0.6) is 17.2 Å². The smallest absolute Gasteiger partial charge is 0.327 e. The van der Waals surface area contributed by atoms with Gasteiger partial charge < -0.3 is 50.2 Å². The SMILES string of the molecule is O=C(O)[C@H]1[C@H](CCc2ccccc2)c2cc(O)c(O[C@@H]3O[C@H](CO)[C@@H](O)[C@H](O)[C@H]3O)cc2N1C(=O)/C=C/c1ccc(O)c(Cc2cnc[nH]2)c1. The standard InChI is InChI=1S/C36H37N3O11/c40-17-29-32(44)33(45)34(46)36(50-29)49-28-15-25-24(14-27(28)42)23(9-6-19-4-2-1-3-5-19)31(35(47)48)39(25)30(43)11-8-20-7-10-26(41)21(12-20)13-22-16-37-18-38-22/h1-5,7-8,10-12,14-16,18,23,29,31-34,36,40-42,44-46H,6,9,13,17H2,(H,37,38)(H,47,48)/b11-8+/t23-,29-,31-,32-,33+,34-,36-/m1/s1. The van der Waals surface area contributed by atoms with Gasteiger partial charge in [0, 0.05) is 41.9 Å². The number of carboxylic acid groups (broad SMARTS) is 1. The molecule has 0 unspecified atom stereocenters. The third-order valence-electron chi connectivity index (χ3n) is 9.05. The second-order valence-corrected chi connectivity index (χ2v) is 12.3. The minimum atomic E-state index is -1.78. The van der Waals surface area contributed by atoms with Gasteiger partial charge in [-0.1, -0.05) is 36.4 Å². The highest BCUT2D eigenvalue weighted by Crippen LogP contribution is 2.48. The van der Waals surface area contributed by atoms with Crippen molar-refractivity contribution in [1.82, 2.24) is 9.97 Å². The third-order valence-corrected chi connectivity index (χ3v) is 9.05. The van der Waals surface area contributed by atoms with Crippen LogP contribution in [0.3, 0.4) is 0 Å². The lowest BCUT2D eigenvalue weighted by molar-refractivity contribution is -0.277. The number of H-pyrrole nitrogens is 1. The van der Waals surface area contributed by atoms with Crippen LogP contribution in [0.25, 0.3) is 6.08 Å². The van der Waals surface area contributed by atoms with E-state index in [0.29, 0.717) is 36.0 Å². The summed E-state index contributed by atoms with van der Waals surface area (Å²) in [7, 11) is 0. The first kappa shape index (κ1) is 34.6. The monoisotopic (exact) mass is 687 g/mol. The zero-order valence-corrected chi connectivity index (χ0v) is 26.6. The highest BCUT2D eigenvalue weighted by molar-refractivity contribution is 6.09. The van der Waals surface area contributed by atoms with Crippen LogP contribution in [0, 0.1) is 0 Å². The average molecular weight is 688 g/mol. The fraction of sp³-hybridized carbons (Fsp3) is 0.306. The molecule has 50 heavy (non-hydrogen) atoms. The summed E-state index contributed by atoms with van der Waals surface area (Å²) in [5, 5.41) is 72.5. The summed E-state index contributed by atoms with van der Waals surface area (Å²) >= 11 is 0. The largest absolute Gasteiger partial charge is 0.508 e. The maximum absolute atomic E-state index is 14.0. The topological polar surface area (TPSA) is 226 Å². The first-order valence-electron chi connectivity index (χ1n) is 16.0. The average Bonchev–Trinajstić information content (AvgIpc) is 3.74. The molecule has 262 valence electrons. The van der Waals surface area contributed by atoms with Gasteiger partial charge in [0.15, 0.2) is 11.5 Å². The van der Waals surface area contributed by atoms with E-state index in [4.69, 9.17) is 9.47 Å². The zero-order valence-electron chi connectivity index (χ0n) is 26.6. The molecule has 0 saturated carbocycles. The summed E-state index contributed by atoms with van der Waals surface area (Å²) in [6.07, 6.45) is -1.08. The van der Waals surface area contributed by atoms with Crippen molar-refractivity contribution in [2.24, 2.45) is 0 Å². The Morgan fingerprint density at radius 2 is 1.76 bits per heavy atom. The number of aromatic amines is 1. The Kier molecular flexibility index (Phi) is 10.2. The van der Waals surface area contributed by atoms with Crippen molar-refractivity contribution in [3.8, 4) is 17.2 Å². The van der Waals surface area contributed by atoms with E-state index < -0.39 is 66.9 Å². The number of benzene rings is 3. The second-order valence-electron chi connectivity index (χ2n) is 12.3. The van der Waals surface area contributed by atoms with Crippen molar-refractivity contribution in [3.63, 3.8) is 0 Å². The van der Waals surface area contributed by atoms with E-state index in [1.54, 1.807) is 18.3 Å². The molecule has 0 radical (unpaired) electrons. The number of aromatic nitrogens is 2. The number of aromatic hydroxyl groups is 2. The number of aliphatic carboxylic acids is 1. The lowest BCUT2D eigenvalue weighted by Gasteiger charge is -2.39. The Morgan fingerprint density at radius 3 is 2.46 bits per heavy atom. The van der Waals surface area contributed by atoms with Gasteiger partial charge in [-0.25, -0.2) is 9.78 Å². The molecule has 4 aromatic rings. The normalized spacial score (nSPS) is 24.7. The molecule has 2 aliphatic heterocycles. The Balaban J connectivity index is 1.34. The number of anilines is 1. The molecular formula is C36H37N3O11. The number of aryl methyl sites for hydroxylation is 1. The number of aliphatic hydroxyl groups is 4. The van der Waals surface area contributed by atoms with E-state index in [1.165, 1.54) is 36.7 Å². The molecule has 8 N–H and O–H groups in total. The van der Waals surface area contributed by atoms with E-state index in [-0.39, 0.29) is 17.2 Å². The molecule has 14 nitrogen and oxygen atoms in total. The van der Waals surface area contributed by atoms with E-state index >= 15 is 0 Å². The molecule has 0 aliphatic carbocycles. The summed E-state index contributed by atoms with van der Waals surface area (Å²) in [4.78, 5) is 35.0. The predicted octanol–water partition coefficient (Wildman–Crippen LogP) is 1.82. The Hall–Kier alpha value is -5.25. The first-order chi connectivity index (χ1) is 24.0. The number of hydrogen-bond donors (Lipinski definition) is 8. The number of carbonyl (C=O) groups is 2. The van der Waals surface area contributed by atoms with Gasteiger partial charge >= 0.3 is 5.97 Å². The van der Waals surface area contributed by atoms with E-state index in [9.17, 15) is 45.3 Å². The Labute approximate surface area is 286 Å². The molecule has 1 amide bonds. The maximum Gasteiger partial charge on any atom is 0.327 e. The quantitative estimate of drug-likeness (QED) is 0.106. The highest BCUT2D eigenvalue weighted by atomic mass is 16.7. The van der Waals surface area contributed by atoms with Crippen molar-refractivity contribution >= 4 is 23.6 Å². The van der Waals surface area contributed by atoms with E-state index in [0.717, 1.165) is 16.2 Å². The van der Waals surface area contributed by atoms with Crippen molar-refractivity contribution in [2.75, 3.05) is 11.5 Å². The minimum Gasteiger partial charge on any atom is -0.508 e. The highest BCUT2D eigenvalue weighted by Gasteiger charge is 2.48. The van der Waals surface area contributed by atoms with Crippen molar-refractivity contribution in [3.05, 3.63) is 107 Å². The molecule has 1 aromatic heterocycles. The molecule has 2 aliphatic rings. The number of hydrogen-bond acceptors (Lipinski definition) is 11. The van der Waals surface area contributed by atoms with Crippen LogP contribution in [-0.4, -0.2) is 101 Å². The molecule has 3 aromatic carbocycles. The van der Waals surface area contributed by atoms with Crippen LogP contribution in [0.1, 0.15) is 40.3 Å². The molecule has 1 saturated heterocycles. The maximum atomic E-state index is 14.0. The van der Waals surface area contributed by atoms with Gasteiger partial charge in [-0.3, -0.25) is 9.69 Å². The van der Waals surface area contributed by atoms with Gasteiger partial charge in [-0.05, 0) is 53.8 Å². The summed E-state index contributed by atoms with van der Waals surface area (Å²) in [5.74, 6) is -3.41. The number of ether oxygens (including phenoxy) is 2. The number of carbonyl (C=O) groups excluding carboxylic acids is 1. The van der Waals surface area contributed by atoms with Crippen molar-refractivity contribution in [1.29, 1.82) is 0 Å². The van der Waals surface area contributed by atoms with Gasteiger partial charge in [0.05, 0.1) is 18.6 Å². The van der Waals surface area contributed by atoms with Crippen LogP contribution in [0.15, 0.2) is 79.3 Å². The third kappa shape index (κ3) is 7.06. The number of phenolic OH excluding ortho intramolecular Hbond substituents is 2.